The third-order valence-corrected chi connectivity index (χ3v) is 7.49. The Hall–Kier alpha value is -3.00. The predicted octanol–water partition coefficient (Wildman–Crippen LogP) is 4.82. The van der Waals surface area contributed by atoms with Crippen LogP contribution in [0.2, 0.25) is 0 Å². The number of hydrogen-bond donors (Lipinski definition) is 0. The minimum atomic E-state index is -0.183. The first-order chi connectivity index (χ1) is 15.6. The van der Waals surface area contributed by atoms with Crippen LogP contribution in [0.15, 0.2) is 52.2 Å². The van der Waals surface area contributed by atoms with Gasteiger partial charge in [0.15, 0.2) is 16.6 Å². The maximum atomic E-state index is 13.1. The summed E-state index contributed by atoms with van der Waals surface area (Å²) in [6.07, 6.45) is 4.61. The second kappa shape index (κ2) is 8.50. The molecule has 0 saturated carbocycles. The highest BCUT2D eigenvalue weighted by atomic mass is 32.2. The van der Waals surface area contributed by atoms with Gasteiger partial charge >= 0.3 is 0 Å². The summed E-state index contributed by atoms with van der Waals surface area (Å²) in [6, 6.07) is 12.1. The zero-order valence-corrected chi connectivity index (χ0v) is 19.4. The molecule has 5 rings (SSSR count). The molecule has 0 spiro atoms. The highest BCUT2D eigenvalue weighted by Gasteiger charge is 2.29. The fourth-order valence-electron chi connectivity index (χ4n) is 4.39. The molecular weight excluding hydrogens is 422 g/mol. The van der Waals surface area contributed by atoms with E-state index >= 15 is 0 Å². The third kappa shape index (κ3) is 3.52. The number of thioether (sulfide) groups is 1. The van der Waals surface area contributed by atoms with Crippen molar-refractivity contribution in [2.45, 2.75) is 43.5 Å². The molecule has 4 aromatic rings. The van der Waals surface area contributed by atoms with Crippen LogP contribution in [0.1, 0.15) is 31.7 Å². The van der Waals surface area contributed by atoms with E-state index in [0.29, 0.717) is 0 Å². The molecule has 0 bridgehead atoms. The van der Waals surface area contributed by atoms with Crippen molar-refractivity contribution in [3.05, 3.63) is 48.2 Å². The van der Waals surface area contributed by atoms with Crippen LogP contribution in [0.4, 0.5) is 0 Å². The Kier molecular flexibility index (Phi) is 5.55. The normalized spacial score (nSPS) is 15.0. The number of fused-ring (bicyclic) bond motifs is 1. The number of carbonyl (C=O) groups excluding carboxylic acids is 1. The molecule has 166 valence electrons. The minimum Gasteiger partial charge on any atom is -0.463 e. The molecule has 1 unspecified atom stereocenters. The monoisotopic (exact) mass is 449 g/mol. The molecule has 1 aliphatic heterocycles. The average molecular weight is 450 g/mol. The molecular formula is C24H27N5O2S. The number of furan rings is 1. The van der Waals surface area contributed by atoms with Crippen molar-refractivity contribution in [1.29, 1.82) is 0 Å². The van der Waals surface area contributed by atoms with Gasteiger partial charge in [-0.3, -0.25) is 9.36 Å². The molecule has 8 heteroatoms. The van der Waals surface area contributed by atoms with Crippen LogP contribution in [0.3, 0.4) is 0 Å². The third-order valence-electron chi connectivity index (χ3n) is 6.19. The van der Waals surface area contributed by atoms with Crippen LogP contribution in [0, 0.1) is 6.92 Å². The van der Waals surface area contributed by atoms with Gasteiger partial charge in [0, 0.05) is 32.3 Å². The molecule has 1 aliphatic rings. The molecule has 7 nitrogen and oxygen atoms in total. The summed E-state index contributed by atoms with van der Waals surface area (Å²) in [5, 5.41) is 9.70. The summed E-state index contributed by atoms with van der Waals surface area (Å²) in [5.41, 5.74) is 4.86. The van der Waals surface area contributed by atoms with E-state index in [-0.39, 0.29) is 11.2 Å². The molecule has 1 fully saturated rings. The Bertz CT molecular complexity index is 1260. The van der Waals surface area contributed by atoms with Crippen LogP contribution in [-0.4, -0.2) is 48.5 Å². The van der Waals surface area contributed by atoms with Crippen LogP contribution in [0.5, 0.6) is 0 Å². The van der Waals surface area contributed by atoms with Crippen molar-refractivity contribution in [3.8, 4) is 17.2 Å². The van der Waals surface area contributed by atoms with Gasteiger partial charge < -0.3 is 13.9 Å². The Morgan fingerprint density at radius 2 is 1.97 bits per heavy atom. The Labute approximate surface area is 191 Å². The van der Waals surface area contributed by atoms with E-state index in [1.165, 1.54) is 11.8 Å². The second-order valence-corrected chi connectivity index (χ2v) is 9.40. The summed E-state index contributed by atoms with van der Waals surface area (Å²) >= 11 is 1.51. The van der Waals surface area contributed by atoms with Gasteiger partial charge in [0.2, 0.25) is 5.91 Å². The Balaban J connectivity index is 1.60. The fraction of sp³-hybridized carbons (Fsp3) is 0.375. The lowest BCUT2D eigenvalue weighted by Crippen LogP contribution is -2.35. The van der Waals surface area contributed by atoms with E-state index in [1.54, 1.807) is 6.26 Å². The number of hydrogen-bond acceptors (Lipinski definition) is 5. The molecule has 1 saturated heterocycles. The predicted molar refractivity (Wildman–Crippen MR) is 126 cm³/mol. The van der Waals surface area contributed by atoms with Gasteiger partial charge in [-0.15, -0.1) is 10.2 Å². The number of rotatable bonds is 6. The van der Waals surface area contributed by atoms with E-state index in [9.17, 15) is 4.79 Å². The first-order valence-corrected chi connectivity index (χ1v) is 12.0. The summed E-state index contributed by atoms with van der Waals surface area (Å²) in [4.78, 5) is 15.1. The minimum absolute atomic E-state index is 0.183. The van der Waals surface area contributed by atoms with Crippen molar-refractivity contribution in [2.75, 3.05) is 13.1 Å². The highest BCUT2D eigenvalue weighted by Crippen LogP contribution is 2.35. The largest absolute Gasteiger partial charge is 0.463 e. The van der Waals surface area contributed by atoms with Crippen molar-refractivity contribution >= 4 is 28.8 Å². The summed E-state index contributed by atoms with van der Waals surface area (Å²) in [5.74, 6) is 0.937. The summed E-state index contributed by atoms with van der Waals surface area (Å²) in [7, 11) is 2.00. The van der Waals surface area contributed by atoms with Gasteiger partial charge in [-0.2, -0.15) is 0 Å². The highest BCUT2D eigenvalue weighted by molar-refractivity contribution is 8.00. The molecule has 0 N–H and O–H groups in total. The van der Waals surface area contributed by atoms with E-state index in [1.807, 2.05) is 36.2 Å². The van der Waals surface area contributed by atoms with Crippen molar-refractivity contribution in [2.24, 2.45) is 7.05 Å². The van der Waals surface area contributed by atoms with E-state index in [0.717, 1.165) is 71.4 Å². The average Bonchev–Trinajstić information content (AvgIpc) is 3.58. The number of aromatic nitrogens is 4. The lowest BCUT2D eigenvalue weighted by molar-refractivity contribution is -0.129. The van der Waals surface area contributed by atoms with Crippen LogP contribution >= 0.6 is 11.8 Å². The smallest absolute Gasteiger partial charge is 0.236 e. The maximum absolute atomic E-state index is 13.1. The molecule has 1 amide bonds. The topological polar surface area (TPSA) is 69.1 Å². The number of carbonyl (C=O) groups is 1. The number of amides is 1. The zero-order valence-electron chi connectivity index (χ0n) is 18.6. The fourth-order valence-corrected chi connectivity index (χ4v) is 5.43. The molecule has 1 aromatic carbocycles. The first-order valence-electron chi connectivity index (χ1n) is 11.1. The van der Waals surface area contributed by atoms with Crippen molar-refractivity contribution in [1.82, 2.24) is 24.2 Å². The number of aryl methyl sites for hydroxylation is 2. The lowest BCUT2D eigenvalue weighted by Gasteiger charge is -2.22. The van der Waals surface area contributed by atoms with Crippen molar-refractivity contribution in [3.63, 3.8) is 0 Å². The van der Waals surface area contributed by atoms with Crippen LogP contribution in [0.25, 0.3) is 28.3 Å². The van der Waals surface area contributed by atoms with Gasteiger partial charge in [-0.05, 0) is 37.8 Å². The second-order valence-electron chi connectivity index (χ2n) is 8.23. The number of para-hydroxylation sites is 1. The maximum Gasteiger partial charge on any atom is 0.236 e. The summed E-state index contributed by atoms with van der Waals surface area (Å²) in [6.45, 7) is 5.85. The van der Waals surface area contributed by atoms with Crippen LogP contribution in [-0.2, 0) is 11.8 Å². The SMILES string of the molecule is CCC(Sc1nnc(-c2cc3occc3n2C)n1-c1ccccc1C)C(=O)N1CCCC1. The van der Waals surface area contributed by atoms with E-state index in [4.69, 9.17) is 4.42 Å². The zero-order chi connectivity index (χ0) is 22.2. The number of nitrogens with zero attached hydrogens (tertiary/aromatic N) is 5. The molecule has 32 heavy (non-hydrogen) atoms. The molecule has 1 atom stereocenters. The standard InChI is InChI=1S/C24H27N5O2S/c1-4-21(23(30)28-12-7-8-13-28)32-24-26-25-22(29(24)17-10-6-5-9-16(17)2)19-15-20-18(27(19)3)11-14-31-20/h5-6,9-11,14-15,21H,4,7-8,12-13H2,1-3H3. The van der Waals surface area contributed by atoms with Gasteiger partial charge in [-0.25, -0.2) is 0 Å². The Morgan fingerprint density at radius 3 is 2.69 bits per heavy atom. The van der Waals surface area contributed by atoms with Gasteiger partial charge in [0.05, 0.1) is 28.4 Å². The molecule has 4 heterocycles. The van der Waals surface area contributed by atoms with Gasteiger partial charge in [0.25, 0.3) is 0 Å². The van der Waals surface area contributed by atoms with E-state index < -0.39 is 0 Å². The quantitative estimate of drug-likeness (QED) is 0.395. The van der Waals surface area contributed by atoms with E-state index in [2.05, 4.69) is 45.3 Å². The lowest BCUT2D eigenvalue weighted by atomic mass is 10.2. The Morgan fingerprint density at radius 1 is 1.19 bits per heavy atom. The molecule has 0 aliphatic carbocycles. The molecule has 0 radical (unpaired) electrons. The van der Waals surface area contributed by atoms with Gasteiger partial charge in [-0.1, -0.05) is 36.9 Å². The number of benzene rings is 1. The summed E-state index contributed by atoms with van der Waals surface area (Å²) < 4.78 is 9.76. The van der Waals surface area contributed by atoms with Crippen molar-refractivity contribution < 1.29 is 9.21 Å². The number of likely N-dealkylation sites (tertiary alicyclic amines) is 1. The van der Waals surface area contributed by atoms with Crippen LogP contribution < -0.4 is 0 Å². The first kappa shape index (κ1) is 20.9. The van der Waals surface area contributed by atoms with Gasteiger partial charge in [0.1, 0.15) is 0 Å². The molecule has 3 aromatic heterocycles.